The van der Waals surface area contributed by atoms with Gasteiger partial charge in [0.15, 0.2) is 0 Å². The van der Waals surface area contributed by atoms with Crippen LogP contribution in [-0.4, -0.2) is 29.0 Å². The normalized spacial score (nSPS) is 17.6. The quantitative estimate of drug-likeness (QED) is 0.435. The molecular weight excluding hydrogens is 448 g/mol. The number of rotatable bonds is 7. The SMILES string of the molecule is Cc1cc(C)cc(OCc2nc(C(=O)N[C@@H]3CCCC[C@H]3NC(=O)Nc3ccccc3)cs2)c1. The molecular formula is C26H30N4O3S. The number of anilines is 1. The molecule has 1 heterocycles. The van der Waals surface area contributed by atoms with Crippen molar-refractivity contribution in [3.05, 3.63) is 75.7 Å². The third-order valence-corrected chi connectivity index (χ3v) is 6.59. The first-order valence-electron chi connectivity index (χ1n) is 11.6. The first-order valence-corrected chi connectivity index (χ1v) is 12.4. The summed E-state index contributed by atoms with van der Waals surface area (Å²) in [6.45, 7) is 4.38. The highest BCUT2D eigenvalue weighted by Gasteiger charge is 2.28. The summed E-state index contributed by atoms with van der Waals surface area (Å²) in [7, 11) is 0. The number of carbonyl (C=O) groups is 2. The van der Waals surface area contributed by atoms with Crippen LogP contribution in [0.4, 0.5) is 10.5 Å². The zero-order chi connectivity index (χ0) is 23.9. The highest BCUT2D eigenvalue weighted by atomic mass is 32.1. The number of amides is 3. The second-order valence-corrected chi connectivity index (χ2v) is 9.62. The molecule has 1 saturated carbocycles. The molecule has 1 aliphatic rings. The summed E-state index contributed by atoms with van der Waals surface area (Å²) in [5.41, 5.74) is 3.39. The topological polar surface area (TPSA) is 92.3 Å². The number of carbonyl (C=O) groups excluding carboxylic acids is 2. The first-order chi connectivity index (χ1) is 16.5. The Balaban J connectivity index is 1.31. The summed E-state index contributed by atoms with van der Waals surface area (Å²) < 4.78 is 5.87. The minimum Gasteiger partial charge on any atom is -0.486 e. The maximum Gasteiger partial charge on any atom is 0.319 e. The molecule has 4 rings (SSSR count). The van der Waals surface area contributed by atoms with Gasteiger partial charge in [-0.3, -0.25) is 4.79 Å². The number of nitrogens with zero attached hydrogens (tertiary/aromatic N) is 1. The van der Waals surface area contributed by atoms with E-state index < -0.39 is 0 Å². The van der Waals surface area contributed by atoms with Crippen molar-refractivity contribution in [1.82, 2.24) is 15.6 Å². The molecule has 0 saturated heterocycles. The van der Waals surface area contributed by atoms with E-state index in [9.17, 15) is 9.59 Å². The molecule has 0 radical (unpaired) electrons. The zero-order valence-corrected chi connectivity index (χ0v) is 20.3. The number of nitrogens with one attached hydrogen (secondary N) is 3. The number of aromatic nitrogens is 1. The van der Waals surface area contributed by atoms with Crippen molar-refractivity contribution in [3.63, 3.8) is 0 Å². The van der Waals surface area contributed by atoms with E-state index in [2.05, 4.69) is 27.0 Å². The van der Waals surface area contributed by atoms with E-state index in [1.54, 1.807) is 5.38 Å². The van der Waals surface area contributed by atoms with Gasteiger partial charge in [0.05, 0.1) is 6.04 Å². The van der Waals surface area contributed by atoms with E-state index in [1.165, 1.54) is 11.3 Å². The molecule has 7 nitrogen and oxygen atoms in total. The number of thiazole rings is 1. The van der Waals surface area contributed by atoms with Crippen LogP contribution in [0.1, 0.15) is 52.3 Å². The lowest BCUT2D eigenvalue weighted by Crippen LogP contribution is -2.54. The van der Waals surface area contributed by atoms with Gasteiger partial charge in [0.25, 0.3) is 5.91 Å². The molecule has 34 heavy (non-hydrogen) atoms. The average Bonchev–Trinajstić information content (AvgIpc) is 3.28. The molecule has 1 fully saturated rings. The lowest BCUT2D eigenvalue weighted by Gasteiger charge is -2.32. The third-order valence-electron chi connectivity index (χ3n) is 5.77. The van der Waals surface area contributed by atoms with Crippen molar-refractivity contribution in [2.75, 3.05) is 5.32 Å². The van der Waals surface area contributed by atoms with Crippen LogP contribution in [0, 0.1) is 13.8 Å². The summed E-state index contributed by atoms with van der Waals surface area (Å²) >= 11 is 1.40. The molecule has 0 aliphatic heterocycles. The monoisotopic (exact) mass is 478 g/mol. The van der Waals surface area contributed by atoms with Gasteiger partial charge in [-0.2, -0.15) is 0 Å². The van der Waals surface area contributed by atoms with Crippen LogP contribution >= 0.6 is 11.3 Å². The second kappa shape index (κ2) is 11.2. The van der Waals surface area contributed by atoms with Crippen molar-refractivity contribution < 1.29 is 14.3 Å². The predicted molar refractivity (Wildman–Crippen MR) is 134 cm³/mol. The standard InChI is InChI=1S/C26H30N4O3S/c1-17-12-18(2)14-20(13-17)33-15-24-28-23(16-34-24)25(31)29-21-10-6-7-11-22(21)30-26(32)27-19-8-4-3-5-9-19/h3-5,8-9,12-14,16,21-22H,6-7,10-11,15H2,1-2H3,(H,29,31)(H2,27,30,32)/t21-,22-/m1/s1. The van der Waals surface area contributed by atoms with Gasteiger partial charge in [0.1, 0.15) is 23.1 Å². The van der Waals surface area contributed by atoms with Crippen LogP contribution in [0.5, 0.6) is 5.75 Å². The Labute approximate surface area is 204 Å². The summed E-state index contributed by atoms with van der Waals surface area (Å²) in [4.78, 5) is 29.8. The third kappa shape index (κ3) is 6.57. The Hall–Kier alpha value is -3.39. The zero-order valence-electron chi connectivity index (χ0n) is 19.5. The van der Waals surface area contributed by atoms with Gasteiger partial charge < -0.3 is 20.7 Å². The van der Waals surface area contributed by atoms with E-state index in [-0.39, 0.29) is 24.0 Å². The van der Waals surface area contributed by atoms with Crippen molar-refractivity contribution in [1.29, 1.82) is 0 Å². The molecule has 0 unspecified atom stereocenters. The van der Waals surface area contributed by atoms with Crippen molar-refractivity contribution in [3.8, 4) is 5.75 Å². The fourth-order valence-corrected chi connectivity index (χ4v) is 4.90. The Bertz CT molecular complexity index is 1110. The van der Waals surface area contributed by atoms with Gasteiger partial charge in [-0.15, -0.1) is 11.3 Å². The maximum atomic E-state index is 12.9. The van der Waals surface area contributed by atoms with Crippen molar-refractivity contribution >= 4 is 29.0 Å². The fraction of sp³-hybridized carbons (Fsp3) is 0.346. The number of aryl methyl sites for hydroxylation is 2. The number of benzene rings is 2. The van der Waals surface area contributed by atoms with Gasteiger partial charge in [0, 0.05) is 17.1 Å². The molecule has 1 aliphatic carbocycles. The Kier molecular flexibility index (Phi) is 7.80. The molecule has 0 bridgehead atoms. The number of hydrogen-bond donors (Lipinski definition) is 3. The van der Waals surface area contributed by atoms with Gasteiger partial charge in [0.2, 0.25) is 0 Å². The maximum absolute atomic E-state index is 12.9. The average molecular weight is 479 g/mol. The van der Waals surface area contributed by atoms with Crippen LogP contribution in [0.15, 0.2) is 53.9 Å². The van der Waals surface area contributed by atoms with Gasteiger partial charge >= 0.3 is 6.03 Å². The Morgan fingerprint density at radius 3 is 2.38 bits per heavy atom. The fourth-order valence-electron chi connectivity index (χ4n) is 4.22. The van der Waals surface area contributed by atoms with Crippen LogP contribution in [0.25, 0.3) is 0 Å². The van der Waals surface area contributed by atoms with Crippen molar-refractivity contribution in [2.45, 2.75) is 58.2 Å². The van der Waals surface area contributed by atoms with E-state index >= 15 is 0 Å². The summed E-state index contributed by atoms with van der Waals surface area (Å²) in [5.74, 6) is 0.569. The molecule has 178 valence electrons. The van der Waals surface area contributed by atoms with Gasteiger partial charge in [-0.1, -0.05) is 37.1 Å². The summed E-state index contributed by atoms with van der Waals surface area (Å²) in [6.07, 6.45) is 3.66. The van der Waals surface area contributed by atoms with Crippen LogP contribution in [0.3, 0.4) is 0 Å². The van der Waals surface area contributed by atoms with Crippen molar-refractivity contribution in [2.24, 2.45) is 0 Å². The van der Waals surface area contributed by atoms with Crippen LogP contribution < -0.4 is 20.7 Å². The number of urea groups is 1. The minimum atomic E-state index is -0.267. The Morgan fingerprint density at radius 1 is 1.00 bits per heavy atom. The van der Waals surface area contributed by atoms with E-state index in [0.717, 1.165) is 53.3 Å². The number of hydrogen-bond acceptors (Lipinski definition) is 5. The first kappa shape index (κ1) is 23.8. The smallest absolute Gasteiger partial charge is 0.319 e. The van der Waals surface area contributed by atoms with Crippen LogP contribution in [0.2, 0.25) is 0 Å². The molecule has 3 amide bonds. The number of para-hydroxylation sites is 1. The molecule has 2 aromatic carbocycles. The highest BCUT2D eigenvalue weighted by molar-refractivity contribution is 7.09. The van der Waals surface area contributed by atoms with E-state index in [4.69, 9.17) is 4.74 Å². The lowest BCUT2D eigenvalue weighted by molar-refractivity contribution is 0.0911. The van der Waals surface area contributed by atoms with Gasteiger partial charge in [-0.05, 0) is 62.1 Å². The Morgan fingerprint density at radius 2 is 1.68 bits per heavy atom. The number of ether oxygens (including phenoxy) is 1. The van der Waals surface area contributed by atoms with Gasteiger partial charge in [-0.25, -0.2) is 9.78 Å². The molecule has 3 aromatic rings. The molecule has 2 atom stereocenters. The van der Waals surface area contributed by atoms with Crippen LogP contribution in [-0.2, 0) is 6.61 Å². The van der Waals surface area contributed by atoms with E-state index in [0.29, 0.717) is 12.3 Å². The predicted octanol–water partition coefficient (Wildman–Crippen LogP) is 5.20. The molecule has 1 aromatic heterocycles. The second-order valence-electron chi connectivity index (χ2n) is 8.67. The molecule has 3 N–H and O–H groups in total. The largest absolute Gasteiger partial charge is 0.486 e. The summed E-state index contributed by atoms with van der Waals surface area (Å²) in [5, 5.41) is 11.4. The van der Waals surface area contributed by atoms with E-state index in [1.807, 2.05) is 56.3 Å². The molecule has 8 heteroatoms. The lowest BCUT2D eigenvalue weighted by atomic mass is 9.90. The summed E-state index contributed by atoms with van der Waals surface area (Å²) in [6, 6.07) is 14.8. The molecule has 0 spiro atoms. The highest BCUT2D eigenvalue weighted by Crippen LogP contribution is 2.21. The minimum absolute atomic E-state index is 0.132.